The fourth-order valence-corrected chi connectivity index (χ4v) is 2.53. The zero-order valence-electron chi connectivity index (χ0n) is 11.4. The molecule has 110 valence electrons. The summed E-state index contributed by atoms with van der Waals surface area (Å²) in [6.45, 7) is 2.62. The summed E-state index contributed by atoms with van der Waals surface area (Å²) in [7, 11) is 0. The number of carbonyl (C=O) groups is 1. The quantitative estimate of drug-likeness (QED) is 0.922. The molecule has 1 saturated heterocycles. The summed E-state index contributed by atoms with van der Waals surface area (Å²) in [5.41, 5.74) is -0.894. The Balaban J connectivity index is 2.12. The third-order valence-electron chi connectivity index (χ3n) is 3.85. The van der Waals surface area contributed by atoms with Crippen molar-refractivity contribution in [2.45, 2.75) is 44.3 Å². The van der Waals surface area contributed by atoms with Gasteiger partial charge >= 0.3 is 6.18 Å². The van der Waals surface area contributed by atoms with Gasteiger partial charge in [-0.05, 0) is 44.4 Å². The molecule has 5 heteroatoms. The number of nitrogens with one attached hydrogen (secondary N) is 1. The van der Waals surface area contributed by atoms with Crippen molar-refractivity contribution >= 4 is 5.78 Å². The molecule has 0 aromatic heterocycles. The highest BCUT2D eigenvalue weighted by molar-refractivity contribution is 5.90. The molecule has 1 aliphatic heterocycles. The minimum Gasteiger partial charge on any atom is -0.305 e. The predicted molar refractivity (Wildman–Crippen MR) is 70.4 cm³/mol. The van der Waals surface area contributed by atoms with Crippen LogP contribution in [0.15, 0.2) is 24.3 Å². The van der Waals surface area contributed by atoms with E-state index in [0.717, 1.165) is 37.9 Å². The van der Waals surface area contributed by atoms with Crippen molar-refractivity contribution in [3.63, 3.8) is 0 Å². The summed E-state index contributed by atoms with van der Waals surface area (Å²) in [6, 6.07) is 5.00. The lowest BCUT2D eigenvalue weighted by Crippen LogP contribution is -2.52. The second-order valence-electron chi connectivity index (χ2n) is 5.51. The molecule has 1 aromatic carbocycles. The van der Waals surface area contributed by atoms with Gasteiger partial charge in [-0.3, -0.25) is 4.79 Å². The molecule has 2 nitrogen and oxygen atoms in total. The van der Waals surface area contributed by atoms with Crippen LogP contribution in [0, 0.1) is 0 Å². The van der Waals surface area contributed by atoms with Crippen LogP contribution in [-0.2, 0) is 17.4 Å². The summed E-state index contributed by atoms with van der Waals surface area (Å²) >= 11 is 0. The highest BCUT2D eigenvalue weighted by atomic mass is 19.4. The normalized spacial score (nSPS) is 23.6. The average Bonchev–Trinajstić information content (AvgIpc) is 2.39. The van der Waals surface area contributed by atoms with Crippen LogP contribution in [0.3, 0.4) is 0 Å². The molecular formula is C15H18F3NO. The van der Waals surface area contributed by atoms with E-state index in [-0.39, 0.29) is 12.2 Å². The van der Waals surface area contributed by atoms with E-state index < -0.39 is 17.3 Å². The van der Waals surface area contributed by atoms with Gasteiger partial charge in [0.05, 0.1) is 11.1 Å². The minimum absolute atomic E-state index is 0.0351. The van der Waals surface area contributed by atoms with E-state index in [9.17, 15) is 18.0 Å². The highest BCUT2D eigenvalue weighted by Crippen LogP contribution is 2.30. The van der Waals surface area contributed by atoms with Gasteiger partial charge in [-0.15, -0.1) is 0 Å². The predicted octanol–water partition coefficient (Wildman–Crippen LogP) is 3.35. The van der Waals surface area contributed by atoms with Gasteiger partial charge in [-0.2, -0.15) is 13.2 Å². The molecule has 1 atom stereocenters. The van der Waals surface area contributed by atoms with E-state index >= 15 is 0 Å². The summed E-state index contributed by atoms with van der Waals surface area (Å²) in [4.78, 5) is 12.3. The first-order chi connectivity index (χ1) is 9.31. The maximum atomic E-state index is 12.6. The van der Waals surface area contributed by atoms with Crippen molar-refractivity contribution in [1.82, 2.24) is 5.32 Å². The monoisotopic (exact) mass is 285 g/mol. The molecule has 1 aromatic rings. The van der Waals surface area contributed by atoms with Crippen LogP contribution in [0.5, 0.6) is 0 Å². The van der Waals surface area contributed by atoms with Crippen molar-refractivity contribution in [3.05, 3.63) is 35.4 Å². The maximum Gasteiger partial charge on any atom is 0.416 e. The average molecular weight is 285 g/mol. The van der Waals surface area contributed by atoms with Gasteiger partial charge in [-0.1, -0.05) is 18.2 Å². The summed E-state index contributed by atoms with van der Waals surface area (Å²) in [6.07, 6.45) is -1.59. The number of halogens is 3. The van der Waals surface area contributed by atoms with Crippen molar-refractivity contribution < 1.29 is 18.0 Å². The number of alkyl halides is 3. The lowest BCUT2D eigenvalue weighted by atomic mass is 9.84. The Morgan fingerprint density at radius 2 is 2.10 bits per heavy atom. The Morgan fingerprint density at radius 3 is 2.70 bits per heavy atom. The molecule has 0 amide bonds. The van der Waals surface area contributed by atoms with E-state index in [1.807, 2.05) is 6.92 Å². The van der Waals surface area contributed by atoms with Crippen LogP contribution in [0.4, 0.5) is 13.2 Å². The molecule has 1 N–H and O–H groups in total. The zero-order chi connectivity index (χ0) is 14.8. The van der Waals surface area contributed by atoms with Gasteiger partial charge in [0.2, 0.25) is 0 Å². The largest absolute Gasteiger partial charge is 0.416 e. The molecule has 1 fully saturated rings. The Bertz CT molecular complexity index is 490. The molecule has 0 bridgehead atoms. The molecule has 1 unspecified atom stereocenters. The van der Waals surface area contributed by atoms with Crippen molar-refractivity contribution in [2.24, 2.45) is 0 Å². The first-order valence-corrected chi connectivity index (χ1v) is 6.76. The summed E-state index contributed by atoms with van der Waals surface area (Å²) in [5.74, 6) is -0.0449. The van der Waals surface area contributed by atoms with E-state index in [4.69, 9.17) is 0 Å². The van der Waals surface area contributed by atoms with Crippen LogP contribution >= 0.6 is 0 Å². The van der Waals surface area contributed by atoms with Crippen LogP contribution in [0.2, 0.25) is 0 Å². The second-order valence-corrected chi connectivity index (χ2v) is 5.51. The number of rotatable bonds is 3. The first kappa shape index (κ1) is 15.0. The third-order valence-corrected chi connectivity index (χ3v) is 3.85. The standard InChI is InChI=1S/C15H18F3NO/c1-14(7-2-3-8-19-14)13(20)10-11-5-4-6-12(9-11)15(16,17)18/h4-6,9,19H,2-3,7-8,10H2,1H3. The number of benzene rings is 1. The van der Waals surface area contributed by atoms with Gasteiger partial charge in [0.25, 0.3) is 0 Å². The molecule has 1 aliphatic rings. The van der Waals surface area contributed by atoms with E-state index in [1.54, 1.807) is 6.07 Å². The number of Topliss-reactive ketones (excluding diaryl/α,β-unsaturated/α-hetero) is 1. The summed E-state index contributed by atoms with van der Waals surface area (Å²) < 4.78 is 37.9. The molecule has 20 heavy (non-hydrogen) atoms. The van der Waals surface area contributed by atoms with Gasteiger partial charge in [-0.25, -0.2) is 0 Å². The molecule has 0 spiro atoms. The SMILES string of the molecule is CC1(C(=O)Cc2cccc(C(F)(F)F)c2)CCCCN1. The molecule has 0 saturated carbocycles. The molecule has 0 aliphatic carbocycles. The van der Waals surface area contributed by atoms with Gasteiger partial charge in [0.1, 0.15) is 0 Å². The second kappa shape index (κ2) is 5.56. The van der Waals surface area contributed by atoms with Crippen LogP contribution in [0.1, 0.15) is 37.3 Å². The van der Waals surface area contributed by atoms with Crippen molar-refractivity contribution in [2.75, 3.05) is 6.54 Å². The van der Waals surface area contributed by atoms with Crippen LogP contribution in [-0.4, -0.2) is 17.9 Å². The Hall–Kier alpha value is -1.36. The van der Waals surface area contributed by atoms with Gasteiger partial charge < -0.3 is 5.32 Å². The lowest BCUT2D eigenvalue weighted by Gasteiger charge is -2.33. The first-order valence-electron chi connectivity index (χ1n) is 6.76. The zero-order valence-corrected chi connectivity index (χ0v) is 11.4. The van der Waals surface area contributed by atoms with Gasteiger partial charge in [0.15, 0.2) is 5.78 Å². The molecular weight excluding hydrogens is 267 g/mol. The number of hydrogen-bond acceptors (Lipinski definition) is 2. The fourth-order valence-electron chi connectivity index (χ4n) is 2.53. The Kier molecular flexibility index (Phi) is 4.18. The van der Waals surface area contributed by atoms with Crippen molar-refractivity contribution in [1.29, 1.82) is 0 Å². The molecule has 0 radical (unpaired) electrons. The highest BCUT2D eigenvalue weighted by Gasteiger charge is 2.34. The summed E-state index contributed by atoms with van der Waals surface area (Å²) in [5, 5.41) is 3.19. The third kappa shape index (κ3) is 3.39. The van der Waals surface area contributed by atoms with E-state index in [2.05, 4.69) is 5.32 Å². The van der Waals surface area contributed by atoms with E-state index in [1.165, 1.54) is 6.07 Å². The number of piperidine rings is 1. The lowest BCUT2D eigenvalue weighted by molar-refractivity contribution is -0.137. The minimum atomic E-state index is -4.37. The number of hydrogen-bond donors (Lipinski definition) is 1. The molecule has 1 heterocycles. The van der Waals surface area contributed by atoms with Crippen LogP contribution in [0.25, 0.3) is 0 Å². The maximum absolute atomic E-state index is 12.6. The van der Waals surface area contributed by atoms with Crippen LogP contribution < -0.4 is 5.32 Å². The smallest absolute Gasteiger partial charge is 0.305 e. The Labute approximate surface area is 116 Å². The fraction of sp³-hybridized carbons (Fsp3) is 0.533. The number of carbonyl (C=O) groups excluding carboxylic acids is 1. The van der Waals surface area contributed by atoms with Gasteiger partial charge in [0, 0.05) is 6.42 Å². The number of ketones is 1. The van der Waals surface area contributed by atoms with Crippen molar-refractivity contribution in [3.8, 4) is 0 Å². The Morgan fingerprint density at radius 1 is 1.35 bits per heavy atom. The topological polar surface area (TPSA) is 29.1 Å². The van der Waals surface area contributed by atoms with E-state index in [0.29, 0.717) is 5.56 Å². The molecule has 2 rings (SSSR count).